The summed E-state index contributed by atoms with van der Waals surface area (Å²) in [5.74, 6) is -0.916. The molecule has 4 aromatic rings. The molecule has 5 N–H and O–H groups in total. The molecule has 11 nitrogen and oxygen atoms in total. The van der Waals surface area contributed by atoms with Gasteiger partial charge in [-0.1, -0.05) is 42.5 Å². The number of carbonyl (C=O) groups excluding carboxylic acids is 2. The first-order valence-electron chi connectivity index (χ1n) is 15.4. The summed E-state index contributed by atoms with van der Waals surface area (Å²) in [7, 11) is 0. The summed E-state index contributed by atoms with van der Waals surface area (Å²) in [6.07, 6.45) is -4.12. The molecule has 48 heavy (non-hydrogen) atoms. The van der Waals surface area contributed by atoms with Crippen molar-refractivity contribution in [3.63, 3.8) is 0 Å². The number of benzene rings is 3. The summed E-state index contributed by atoms with van der Waals surface area (Å²) < 4.78 is 42.2. The van der Waals surface area contributed by atoms with E-state index in [-0.39, 0.29) is 32.4 Å². The van der Waals surface area contributed by atoms with Gasteiger partial charge in [-0.05, 0) is 67.6 Å². The number of aryl methyl sites for hydroxylation is 1. The number of fused-ring (bicyclic) bond motifs is 1. The molecule has 14 heteroatoms. The molecule has 0 saturated heterocycles. The molecule has 5 rings (SSSR count). The number of para-hydroxylation sites is 1. The van der Waals surface area contributed by atoms with E-state index in [4.69, 9.17) is 5.11 Å². The molecule has 2 atom stereocenters. The number of halogens is 3. The Morgan fingerprint density at radius 2 is 1.79 bits per heavy atom. The van der Waals surface area contributed by atoms with Crippen molar-refractivity contribution in [2.24, 2.45) is 0 Å². The summed E-state index contributed by atoms with van der Waals surface area (Å²) in [4.78, 5) is 43.3. The van der Waals surface area contributed by atoms with Gasteiger partial charge in [0.25, 0.3) is 0 Å². The zero-order valence-corrected chi connectivity index (χ0v) is 26.4. The molecule has 0 unspecified atom stereocenters. The quantitative estimate of drug-likeness (QED) is 0.165. The Balaban J connectivity index is 1.40. The van der Waals surface area contributed by atoms with Crippen LogP contribution < -0.4 is 21.2 Å². The van der Waals surface area contributed by atoms with Crippen molar-refractivity contribution in [3.05, 3.63) is 100 Å². The molecule has 254 valence electrons. The van der Waals surface area contributed by atoms with Crippen molar-refractivity contribution in [2.45, 2.75) is 63.5 Å². The number of aliphatic hydroxyl groups is 2. The van der Waals surface area contributed by atoms with Gasteiger partial charge in [-0.2, -0.15) is 23.0 Å². The van der Waals surface area contributed by atoms with Gasteiger partial charge in [0.1, 0.15) is 12.4 Å². The van der Waals surface area contributed by atoms with E-state index in [2.05, 4.69) is 20.7 Å². The maximum Gasteiger partial charge on any atom is 0.416 e. The number of hydrogen-bond acceptors (Lipinski definition) is 7. The molecule has 0 bridgehead atoms. The number of hydrogen-bond donors (Lipinski definition) is 5. The molecule has 0 saturated carbocycles. The number of β-amino-alcohol motifs (C(OH)–C–C–N with tert-alkyl or cyclic N) is 1. The Morgan fingerprint density at radius 3 is 2.46 bits per heavy atom. The molecule has 0 spiro atoms. The second-order valence-electron chi connectivity index (χ2n) is 12.4. The van der Waals surface area contributed by atoms with Crippen LogP contribution >= 0.6 is 0 Å². The van der Waals surface area contributed by atoms with Gasteiger partial charge >= 0.3 is 11.9 Å². The smallest absolute Gasteiger partial charge is 0.394 e. The number of amides is 2. The molecule has 0 radical (unpaired) electrons. The molecular formula is C34H37F3N6O5. The summed E-state index contributed by atoms with van der Waals surface area (Å²) in [5.41, 5.74) is 1.42. The zero-order valence-electron chi connectivity index (χ0n) is 26.4. The van der Waals surface area contributed by atoms with Gasteiger partial charge in [0, 0.05) is 29.8 Å². The number of aromatic amines is 1. The molecular weight excluding hydrogens is 629 g/mol. The van der Waals surface area contributed by atoms with Crippen molar-refractivity contribution in [3.8, 4) is 16.8 Å². The lowest BCUT2D eigenvalue weighted by atomic mass is 9.99. The van der Waals surface area contributed by atoms with E-state index in [0.717, 1.165) is 23.3 Å². The van der Waals surface area contributed by atoms with Crippen LogP contribution in [-0.4, -0.2) is 67.6 Å². The first-order chi connectivity index (χ1) is 22.8. The third-order valence-electron chi connectivity index (χ3n) is 8.22. The number of aromatic nitrogens is 3. The average molecular weight is 667 g/mol. The molecule has 2 amide bonds. The van der Waals surface area contributed by atoms with E-state index in [0.29, 0.717) is 22.5 Å². The number of carbonyl (C=O) groups is 2. The van der Waals surface area contributed by atoms with Crippen LogP contribution in [0.5, 0.6) is 0 Å². The van der Waals surface area contributed by atoms with Crippen LogP contribution in [0.25, 0.3) is 16.8 Å². The maximum absolute atomic E-state index is 14.0. The second-order valence-corrected chi connectivity index (χ2v) is 12.4. The lowest BCUT2D eigenvalue weighted by molar-refractivity contribution is -0.137. The fourth-order valence-corrected chi connectivity index (χ4v) is 5.72. The zero-order chi connectivity index (χ0) is 34.6. The third-order valence-corrected chi connectivity index (χ3v) is 8.22. The Kier molecular flexibility index (Phi) is 10.2. The second kappa shape index (κ2) is 14.1. The predicted molar refractivity (Wildman–Crippen MR) is 172 cm³/mol. The van der Waals surface area contributed by atoms with Gasteiger partial charge in [0.15, 0.2) is 0 Å². The van der Waals surface area contributed by atoms with Gasteiger partial charge in [0.05, 0.1) is 30.5 Å². The highest BCUT2D eigenvalue weighted by Gasteiger charge is 2.36. The van der Waals surface area contributed by atoms with Crippen LogP contribution in [0.2, 0.25) is 0 Å². The summed E-state index contributed by atoms with van der Waals surface area (Å²) in [5, 5.41) is 28.6. The van der Waals surface area contributed by atoms with Gasteiger partial charge in [-0.15, -0.1) is 0 Å². The SMILES string of the molecule is CC(C)(CC(=O)N[C@@H]1CCc2cc(C(F)(F)F)ccc2N(Cc2ccc(-c3ccccc3-n3nc[nH]c3=O)cc2)C1=O)NC[C@H](O)CO. The number of alkyl halides is 3. The van der Waals surface area contributed by atoms with Gasteiger partial charge in [-0.25, -0.2) is 4.79 Å². The molecule has 1 aliphatic rings. The van der Waals surface area contributed by atoms with Crippen molar-refractivity contribution in [1.82, 2.24) is 25.4 Å². The predicted octanol–water partition coefficient (Wildman–Crippen LogP) is 3.32. The van der Waals surface area contributed by atoms with Crippen LogP contribution in [0.3, 0.4) is 0 Å². The van der Waals surface area contributed by atoms with E-state index >= 15 is 0 Å². The Morgan fingerprint density at radius 1 is 1.06 bits per heavy atom. The fraction of sp³-hybridized carbons (Fsp3) is 0.353. The minimum atomic E-state index is -4.57. The Hall–Kier alpha value is -4.79. The first-order valence-corrected chi connectivity index (χ1v) is 15.4. The van der Waals surface area contributed by atoms with Crippen molar-refractivity contribution in [1.29, 1.82) is 0 Å². The lowest BCUT2D eigenvalue weighted by Gasteiger charge is -2.29. The number of nitrogens with zero attached hydrogens (tertiary/aromatic N) is 3. The van der Waals surface area contributed by atoms with Crippen LogP contribution in [-0.2, 0) is 28.7 Å². The van der Waals surface area contributed by atoms with Crippen molar-refractivity contribution in [2.75, 3.05) is 18.1 Å². The monoisotopic (exact) mass is 666 g/mol. The van der Waals surface area contributed by atoms with Crippen LogP contribution in [0.15, 0.2) is 77.9 Å². The first kappa shape index (κ1) is 34.5. The number of H-pyrrole nitrogens is 1. The standard InChI is InChI=1S/C34H37F3N6O5/c1-33(2,39-17-25(45)19-44)16-30(46)41-27-13-11-23-15-24(34(35,36)37)12-14-28(23)42(31(27)47)18-21-7-9-22(10-8-21)26-5-3-4-6-29(26)43-32(48)38-20-40-43/h3-10,12,14-15,20,25,27,39,44-45H,11,13,16-19H2,1-2H3,(H,41,46)(H,38,40,48)/t25-,27+/m0/s1. The normalized spacial score (nSPS) is 15.9. The maximum atomic E-state index is 14.0. The summed E-state index contributed by atoms with van der Waals surface area (Å²) in [6.45, 7) is 3.11. The van der Waals surface area contributed by atoms with Crippen molar-refractivity contribution >= 4 is 17.5 Å². The summed E-state index contributed by atoms with van der Waals surface area (Å²) in [6, 6.07) is 16.8. The fourth-order valence-electron chi connectivity index (χ4n) is 5.72. The minimum Gasteiger partial charge on any atom is -0.394 e. The topological polar surface area (TPSA) is 153 Å². The van der Waals surface area contributed by atoms with Gasteiger partial charge in [-0.3, -0.25) is 14.6 Å². The van der Waals surface area contributed by atoms with Crippen molar-refractivity contribution < 1.29 is 33.0 Å². The molecule has 1 aromatic heterocycles. The number of rotatable bonds is 11. The number of nitrogens with one attached hydrogen (secondary N) is 3. The number of anilines is 1. The molecule has 0 fully saturated rings. The molecule has 3 aromatic carbocycles. The van der Waals surface area contributed by atoms with E-state index < -0.39 is 53.5 Å². The largest absolute Gasteiger partial charge is 0.416 e. The van der Waals surface area contributed by atoms with E-state index in [1.165, 1.54) is 22.0 Å². The van der Waals surface area contributed by atoms with Crippen LogP contribution in [0.1, 0.15) is 43.4 Å². The summed E-state index contributed by atoms with van der Waals surface area (Å²) >= 11 is 0. The van der Waals surface area contributed by atoms with E-state index in [1.54, 1.807) is 38.1 Å². The highest BCUT2D eigenvalue weighted by atomic mass is 19.4. The highest BCUT2D eigenvalue weighted by Crippen LogP contribution is 2.36. The number of aliphatic hydroxyl groups excluding tert-OH is 2. The van der Waals surface area contributed by atoms with Gasteiger partial charge in [0.2, 0.25) is 11.8 Å². The van der Waals surface area contributed by atoms with E-state index in [9.17, 15) is 32.7 Å². The average Bonchev–Trinajstić information content (AvgIpc) is 3.44. The van der Waals surface area contributed by atoms with Crippen LogP contribution in [0, 0.1) is 0 Å². The molecule has 1 aliphatic heterocycles. The highest BCUT2D eigenvalue weighted by molar-refractivity contribution is 6.00. The molecule has 2 heterocycles. The van der Waals surface area contributed by atoms with Gasteiger partial charge < -0.3 is 25.7 Å². The minimum absolute atomic E-state index is 0.0242. The Bertz CT molecular complexity index is 1820. The lowest BCUT2D eigenvalue weighted by Crippen LogP contribution is -2.51. The van der Waals surface area contributed by atoms with Crippen LogP contribution in [0.4, 0.5) is 18.9 Å². The van der Waals surface area contributed by atoms with E-state index in [1.807, 2.05) is 24.3 Å². The third kappa shape index (κ3) is 8.01. The molecule has 0 aliphatic carbocycles. The Labute approximate surface area is 274 Å².